The summed E-state index contributed by atoms with van der Waals surface area (Å²) in [6, 6.07) is 0. The third kappa shape index (κ3) is 6.45. The summed E-state index contributed by atoms with van der Waals surface area (Å²) < 4.78 is 0. The average molecular weight is 520 g/mol. The van der Waals surface area contributed by atoms with Gasteiger partial charge in [0.15, 0.2) is 0 Å². The summed E-state index contributed by atoms with van der Waals surface area (Å²) in [7, 11) is 0. The Morgan fingerprint density at radius 3 is 1.26 bits per heavy atom. The number of aliphatic hydroxyl groups is 4. The minimum atomic E-state index is -0.269. The number of hydrogen-bond donors (Lipinski definition) is 4. The molecule has 0 heterocycles. The summed E-state index contributed by atoms with van der Waals surface area (Å²) in [6.07, 6.45) is 9.64. The zero-order valence-corrected chi connectivity index (χ0v) is 22.6. The molecule has 4 aliphatic carbocycles. The van der Waals surface area contributed by atoms with Crippen LogP contribution in [0.2, 0.25) is 0 Å². The van der Waals surface area contributed by atoms with E-state index >= 15 is 0 Å². The van der Waals surface area contributed by atoms with Crippen LogP contribution in [0.15, 0.2) is 0 Å². The molecule has 0 saturated heterocycles. The Balaban J connectivity index is 1.40. The molecule has 0 amide bonds. The van der Waals surface area contributed by atoms with Gasteiger partial charge in [-0.25, -0.2) is 0 Å². The second-order valence-electron chi connectivity index (χ2n) is 12.8. The molecular weight excluding hydrogens is 471 g/mol. The fraction of sp³-hybridized carbons (Fsp3) is 1.00. The molecule has 6 heteroatoms. The van der Waals surface area contributed by atoms with Gasteiger partial charge in [0.25, 0.3) is 0 Å². The zero-order chi connectivity index (χ0) is 24.6. The first-order chi connectivity index (χ1) is 16.1. The molecule has 34 heavy (non-hydrogen) atoms. The summed E-state index contributed by atoms with van der Waals surface area (Å²) in [5, 5.41) is 41.9. The Morgan fingerprint density at radius 2 is 0.912 bits per heavy atom. The molecule has 14 unspecified atom stereocenters. The highest BCUT2D eigenvalue weighted by Gasteiger charge is 2.45. The van der Waals surface area contributed by atoms with Crippen molar-refractivity contribution in [1.29, 1.82) is 0 Å². The summed E-state index contributed by atoms with van der Waals surface area (Å²) in [5.41, 5.74) is 0. The van der Waals surface area contributed by atoms with Crippen molar-refractivity contribution < 1.29 is 20.4 Å². The smallest absolute Gasteiger partial charge is 0.0571 e. The standard InChI is InChI=1S/C28H48Cl2O4/c1-15-7-27(33)19(9-17-3-5-21(31)13-25(17)29)11-23(15)24-12-20(28(34)8-16(24)2)10-18-4-6-22(32)14-26(18)30/h15-28,31-34H,3-14H2,1-2H3. The molecule has 0 aliphatic heterocycles. The summed E-state index contributed by atoms with van der Waals surface area (Å²) in [4.78, 5) is 0. The van der Waals surface area contributed by atoms with Crippen molar-refractivity contribution in [2.45, 2.75) is 126 Å². The van der Waals surface area contributed by atoms with Crippen LogP contribution >= 0.6 is 23.2 Å². The average Bonchev–Trinajstić information content (AvgIpc) is 2.75. The van der Waals surface area contributed by atoms with Crippen LogP contribution in [0.1, 0.15) is 90.9 Å². The molecule has 0 aromatic carbocycles. The van der Waals surface area contributed by atoms with E-state index in [0.29, 0.717) is 48.3 Å². The van der Waals surface area contributed by atoms with E-state index in [2.05, 4.69) is 13.8 Å². The van der Waals surface area contributed by atoms with Gasteiger partial charge in [-0.05, 0) is 124 Å². The van der Waals surface area contributed by atoms with Crippen molar-refractivity contribution >= 4 is 23.2 Å². The lowest BCUT2D eigenvalue weighted by molar-refractivity contribution is -0.0586. The van der Waals surface area contributed by atoms with Gasteiger partial charge in [0, 0.05) is 10.8 Å². The Morgan fingerprint density at radius 1 is 0.529 bits per heavy atom. The molecule has 4 aliphatic rings. The third-order valence-electron chi connectivity index (χ3n) is 10.4. The first-order valence-corrected chi connectivity index (χ1v) is 15.0. The first kappa shape index (κ1) is 27.5. The maximum atomic E-state index is 11.0. The summed E-state index contributed by atoms with van der Waals surface area (Å²) in [6.45, 7) is 4.63. The summed E-state index contributed by atoms with van der Waals surface area (Å²) >= 11 is 13.3. The first-order valence-electron chi connectivity index (χ1n) is 14.1. The van der Waals surface area contributed by atoms with Gasteiger partial charge in [-0.15, -0.1) is 23.2 Å². The van der Waals surface area contributed by atoms with Gasteiger partial charge in [0.2, 0.25) is 0 Å². The van der Waals surface area contributed by atoms with Gasteiger partial charge >= 0.3 is 0 Å². The number of halogens is 2. The Bertz CT molecular complexity index is 596. The second kappa shape index (κ2) is 11.9. The Labute approximate surface area is 216 Å². The van der Waals surface area contributed by atoms with E-state index < -0.39 is 0 Å². The van der Waals surface area contributed by atoms with Crippen molar-refractivity contribution in [2.75, 3.05) is 0 Å². The Kier molecular flexibility index (Phi) is 9.58. The van der Waals surface area contributed by atoms with Gasteiger partial charge in [-0.1, -0.05) is 13.8 Å². The number of aliphatic hydroxyl groups excluding tert-OH is 4. The van der Waals surface area contributed by atoms with E-state index in [-0.39, 0.29) is 47.0 Å². The normalized spacial score (nSPS) is 52.9. The van der Waals surface area contributed by atoms with Crippen LogP contribution in [0.25, 0.3) is 0 Å². The molecule has 0 aromatic rings. The van der Waals surface area contributed by atoms with Crippen molar-refractivity contribution in [3.05, 3.63) is 0 Å². The van der Waals surface area contributed by atoms with Crippen LogP contribution in [-0.4, -0.2) is 55.6 Å². The highest BCUT2D eigenvalue weighted by atomic mass is 35.5. The highest BCUT2D eigenvalue weighted by Crippen LogP contribution is 2.50. The van der Waals surface area contributed by atoms with Crippen molar-refractivity contribution in [3.8, 4) is 0 Å². The molecular formula is C28H48Cl2O4. The van der Waals surface area contributed by atoms with E-state index in [1.54, 1.807) is 0 Å². The lowest BCUT2D eigenvalue weighted by Crippen LogP contribution is -2.45. The monoisotopic (exact) mass is 518 g/mol. The molecule has 4 rings (SSSR count). The van der Waals surface area contributed by atoms with E-state index in [1.165, 1.54) is 0 Å². The molecule has 0 aromatic heterocycles. The van der Waals surface area contributed by atoms with E-state index in [0.717, 1.165) is 64.2 Å². The highest BCUT2D eigenvalue weighted by molar-refractivity contribution is 6.21. The lowest BCUT2D eigenvalue weighted by atomic mass is 9.58. The van der Waals surface area contributed by atoms with Gasteiger partial charge in [0.05, 0.1) is 24.4 Å². The molecule has 4 saturated carbocycles. The van der Waals surface area contributed by atoms with Crippen molar-refractivity contribution in [1.82, 2.24) is 0 Å². The zero-order valence-electron chi connectivity index (χ0n) is 21.1. The maximum Gasteiger partial charge on any atom is 0.0571 e. The molecule has 4 N–H and O–H groups in total. The van der Waals surface area contributed by atoms with Crippen LogP contribution in [0.3, 0.4) is 0 Å². The van der Waals surface area contributed by atoms with Crippen LogP contribution in [-0.2, 0) is 0 Å². The third-order valence-corrected chi connectivity index (χ3v) is 11.5. The second-order valence-corrected chi connectivity index (χ2v) is 14.0. The predicted molar refractivity (Wildman–Crippen MR) is 138 cm³/mol. The molecule has 4 fully saturated rings. The molecule has 0 bridgehead atoms. The lowest BCUT2D eigenvalue weighted by Gasteiger charge is -2.49. The SMILES string of the molecule is CC1CC(O)C(CC2CCC(O)CC2Cl)CC1C1CC(CC2CCC(O)CC2Cl)C(O)CC1C. The largest absolute Gasteiger partial charge is 0.393 e. The number of hydrogen-bond acceptors (Lipinski definition) is 4. The van der Waals surface area contributed by atoms with E-state index in [1.807, 2.05) is 0 Å². The van der Waals surface area contributed by atoms with Crippen molar-refractivity contribution in [3.63, 3.8) is 0 Å². The van der Waals surface area contributed by atoms with E-state index in [4.69, 9.17) is 23.2 Å². The predicted octanol–water partition coefficient (Wildman–Crippen LogP) is 5.35. The van der Waals surface area contributed by atoms with Gasteiger partial charge in [0.1, 0.15) is 0 Å². The van der Waals surface area contributed by atoms with Crippen LogP contribution in [0.4, 0.5) is 0 Å². The number of alkyl halides is 2. The van der Waals surface area contributed by atoms with Crippen LogP contribution in [0, 0.1) is 47.3 Å². The Hall–Kier alpha value is 0.420. The molecule has 198 valence electrons. The minimum Gasteiger partial charge on any atom is -0.393 e. The van der Waals surface area contributed by atoms with Crippen molar-refractivity contribution in [2.24, 2.45) is 47.3 Å². The topological polar surface area (TPSA) is 80.9 Å². The van der Waals surface area contributed by atoms with Crippen LogP contribution in [0.5, 0.6) is 0 Å². The van der Waals surface area contributed by atoms with Gasteiger partial charge in [-0.3, -0.25) is 0 Å². The molecule has 0 spiro atoms. The minimum absolute atomic E-state index is 0.0133. The van der Waals surface area contributed by atoms with Gasteiger partial charge in [-0.2, -0.15) is 0 Å². The fourth-order valence-corrected chi connectivity index (χ4v) is 9.17. The number of rotatable bonds is 5. The molecule has 0 radical (unpaired) electrons. The quantitative estimate of drug-likeness (QED) is 0.369. The molecule has 4 nitrogen and oxygen atoms in total. The van der Waals surface area contributed by atoms with Crippen LogP contribution < -0.4 is 0 Å². The maximum absolute atomic E-state index is 11.0. The summed E-state index contributed by atoms with van der Waals surface area (Å²) in [5.74, 6) is 3.46. The fourth-order valence-electron chi connectivity index (χ4n) is 8.30. The molecule has 14 atom stereocenters. The van der Waals surface area contributed by atoms with Gasteiger partial charge < -0.3 is 20.4 Å². The van der Waals surface area contributed by atoms with E-state index in [9.17, 15) is 20.4 Å².